The van der Waals surface area contributed by atoms with Gasteiger partial charge in [-0.3, -0.25) is 5.32 Å². The van der Waals surface area contributed by atoms with Crippen LogP contribution in [-0.4, -0.2) is 25.4 Å². The lowest BCUT2D eigenvalue weighted by atomic mass is 9.87. The molecule has 1 aromatic rings. The molecule has 0 fully saturated rings. The molecule has 20 heavy (non-hydrogen) atoms. The van der Waals surface area contributed by atoms with Crippen molar-refractivity contribution < 1.29 is 23.5 Å². The molecule has 1 atom stereocenters. The monoisotopic (exact) mass is 284 g/mol. The molecule has 1 unspecified atom stereocenters. The lowest BCUT2D eigenvalue weighted by Gasteiger charge is -2.27. The van der Waals surface area contributed by atoms with Crippen LogP contribution in [0.5, 0.6) is 0 Å². The summed E-state index contributed by atoms with van der Waals surface area (Å²) in [7, 11) is 0. The van der Waals surface area contributed by atoms with E-state index in [1.807, 2.05) is 13.8 Å². The number of carbonyl (C=O) groups excluding carboxylic acids is 2. The first-order valence-electron chi connectivity index (χ1n) is 6.35. The summed E-state index contributed by atoms with van der Waals surface area (Å²) in [6.45, 7) is 4.07. The Morgan fingerprint density at radius 3 is 2.65 bits per heavy atom. The van der Waals surface area contributed by atoms with Crippen LogP contribution in [0.15, 0.2) is 22.8 Å². The van der Waals surface area contributed by atoms with Crippen molar-refractivity contribution in [3.05, 3.63) is 18.4 Å². The first kappa shape index (κ1) is 15.9. The van der Waals surface area contributed by atoms with Crippen molar-refractivity contribution in [2.24, 2.45) is 11.1 Å². The Balaban J connectivity index is 2.44. The maximum atomic E-state index is 11.6. The Labute approximate surface area is 117 Å². The Bertz CT molecular complexity index is 432. The Morgan fingerprint density at radius 2 is 2.10 bits per heavy atom. The van der Waals surface area contributed by atoms with Gasteiger partial charge in [0.25, 0.3) is 0 Å². The van der Waals surface area contributed by atoms with Crippen LogP contribution < -0.4 is 11.1 Å². The number of hydrogen-bond donors (Lipinski definition) is 2. The average molecular weight is 284 g/mol. The molecular weight excluding hydrogens is 264 g/mol. The maximum absolute atomic E-state index is 11.6. The highest BCUT2D eigenvalue weighted by atomic mass is 16.6. The summed E-state index contributed by atoms with van der Waals surface area (Å²) in [6, 6.07) is 3.25. The second-order valence-electron chi connectivity index (χ2n) is 4.85. The van der Waals surface area contributed by atoms with Crippen LogP contribution in [0.4, 0.5) is 15.5 Å². The van der Waals surface area contributed by atoms with Crippen molar-refractivity contribution in [3.63, 3.8) is 0 Å². The molecule has 1 heterocycles. The maximum Gasteiger partial charge on any atom is 0.413 e. The third-order valence-corrected chi connectivity index (χ3v) is 2.71. The van der Waals surface area contributed by atoms with E-state index in [0.29, 0.717) is 5.88 Å². The zero-order valence-electron chi connectivity index (χ0n) is 11.7. The molecule has 0 aliphatic rings. The van der Waals surface area contributed by atoms with Gasteiger partial charge in [0.2, 0.25) is 5.88 Å². The van der Waals surface area contributed by atoms with Gasteiger partial charge in [-0.25, -0.2) is 9.59 Å². The fourth-order valence-corrected chi connectivity index (χ4v) is 1.76. The summed E-state index contributed by atoms with van der Waals surface area (Å²) in [5.41, 5.74) is 4.48. The van der Waals surface area contributed by atoms with E-state index in [4.69, 9.17) is 19.6 Å². The molecule has 1 aromatic heterocycles. The molecule has 0 saturated carbocycles. The molecule has 0 spiro atoms. The van der Waals surface area contributed by atoms with Gasteiger partial charge in [0, 0.05) is 11.5 Å². The Morgan fingerprint density at radius 1 is 1.40 bits per heavy atom. The largest absolute Gasteiger partial charge is 0.449 e. The van der Waals surface area contributed by atoms with Gasteiger partial charge < -0.3 is 19.6 Å². The average Bonchev–Trinajstić information content (AvgIpc) is 2.87. The molecule has 0 aliphatic heterocycles. The fraction of sp³-hybridized carbons (Fsp3) is 0.538. The number of primary amides is 1. The zero-order chi connectivity index (χ0) is 15.0. The number of hydrogen-bond acceptors (Lipinski definition) is 5. The van der Waals surface area contributed by atoms with Gasteiger partial charge in [0.15, 0.2) is 0 Å². The lowest BCUT2D eigenvalue weighted by molar-refractivity contribution is 0.0379. The molecule has 0 aliphatic carbocycles. The minimum Gasteiger partial charge on any atom is -0.449 e. The minimum absolute atomic E-state index is 0.101. The van der Waals surface area contributed by atoms with Crippen LogP contribution in [0.3, 0.4) is 0 Å². The SMILES string of the molecule is CCCC(C)(COC(N)=O)COC(=O)Nc1ccco1. The fourth-order valence-electron chi connectivity index (χ4n) is 1.76. The summed E-state index contributed by atoms with van der Waals surface area (Å²) in [4.78, 5) is 22.2. The molecule has 1 rings (SSSR count). The molecule has 3 N–H and O–H groups in total. The van der Waals surface area contributed by atoms with E-state index in [1.165, 1.54) is 6.26 Å². The van der Waals surface area contributed by atoms with Gasteiger partial charge in [-0.2, -0.15) is 0 Å². The first-order chi connectivity index (χ1) is 9.45. The number of anilines is 1. The summed E-state index contributed by atoms with van der Waals surface area (Å²) < 4.78 is 14.9. The predicted octanol–water partition coefficient (Wildman–Crippen LogP) is 2.73. The number of carbonyl (C=O) groups is 2. The van der Waals surface area contributed by atoms with E-state index < -0.39 is 17.6 Å². The van der Waals surface area contributed by atoms with E-state index in [0.717, 1.165) is 12.8 Å². The smallest absolute Gasteiger partial charge is 0.413 e. The van der Waals surface area contributed by atoms with Gasteiger partial charge in [0.1, 0.15) is 13.2 Å². The Kier molecular flexibility index (Phi) is 5.89. The molecule has 0 aromatic carbocycles. The highest BCUT2D eigenvalue weighted by molar-refractivity contribution is 5.82. The molecular formula is C13H20N2O5. The Hall–Kier alpha value is -2.18. The van der Waals surface area contributed by atoms with E-state index in [2.05, 4.69) is 5.32 Å². The molecule has 0 radical (unpaired) electrons. The van der Waals surface area contributed by atoms with Crippen LogP contribution in [0.25, 0.3) is 0 Å². The van der Waals surface area contributed by atoms with Crippen LogP contribution in [0, 0.1) is 5.41 Å². The van der Waals surface area contributed by atoms with Crippen molar-refractivity contribution in [1.29, 1.82) is 0 Å². The number of ether oxygens (including phenoxy) is 2. The van der Waals surface area contributed by atoms with Crippen molar-refractivity contribution in [3.8, 4) is 0 Å². The molecule has 112 valence electrons. The van der Waals surface area contributed by atoms with Gasteiger partial charge in [0.05, 0.1) is 6.26 Å². The molecule has 7 heteroatoms. The van der Waals surface area contributed by atoms with Crippen LogP contribution in [0.2, 0.25) is 0 Å². The second-order valence-corrected chi connectivity index (χ2v) is 4.85. The van der Waals surface area contributed by atoms with E-state index >= 15 is 0 Å². The molecule has 7 nitrogen and oxygen atoms in total. The quantitative estimate of drug-likeness (QED) is 0.801. The van der Waals surface area contributed by atoms with E-state index in [9.17, 15) is 9.59 Å². The number of nitrogens with two attached hydrogens (primary N) is 1. The first-order valence-corrected chi connectivity index (χ1v) is 6.35. The van der Waals surface area contributed by atoms with Crippen LogP contribution in [-0.2, 0) is 9.47 Å². The van der Waals surface area contributed by atoms with Crippen LogP contribution in [0.1, 0.15) is 26.7 Å². The van der Waals surface area contributed by atoms with Crippen molar-refractivity contribution in [2.45, 2.75) is 26.7 Å². The normalized spacial score (nSPS) is 13.3. The van der Waals surface area contributed by atoms with Gasteiger partial charge in [-0.15, -0.1) is 0 Å². The zero-order valence-corrected chi connectivity index (χ0v) is 11.7. The van der Waals surface area contributed by atoms with E-state index in [1.54, 1.807) is 12.1 Å². The van der Waals surface area contributed by atoms with Crippen molar-refractivity contribution in [1.82, 2.24) is 0 Å². The molecule has 0 saturated heterocycles. The van der Waals surface area contributed by atoms with E-state index in [-0.39, 0.29) is 13.2 Å². The highest BCUT2D eigenvalue weighted by Gasteiger charge is 2.27. The lowest BCUT2D eigenvalue weighted by Crippen LogP contribution is -2.33. The number of amides is 2. The predicted molar refractivity (Wildman–Crippen MR) is 72.2 cm³/mol. The van der Waals surface area contributed by atoms with Gasteiger partial charge in [-0.1, -0.05) is 20.3 Å². The number of furan rings is 1. The number of nitrogens with one attached hydrogen (secondary N) is 1. The summed E-state index contributed by atoms with van der Waals surface area (Å²) in [5, 5.41) is 2.44. The topological polar surface area (TPSA) is 104 Å². The number of rotatable bonds is 7. The third-order valence-electron chi connectivity index (χ3n) is 2.71. The van der Waals surface area contributed by atoms with Crippen molar-refractivity contribution >= 4 is 18.1 Å². The van der Waals surface area contributed by atoms with Crippen LogP contribution >= 0.6 is 0 Å². The minimum atomic E-state index is -0.840. The molecule has 2 amide bonds. The summed E-state index contributed by atoms with van der Waals surface area (Å²) >= 11 is 0. The summed E-state index contributed by atoms with van der Waals surface area (Å²) in [5.74, 6) is 0.306. The highest BCUT2D eigenvalue weighted by Crippen LogP contribution is 2.24. The molecule has 0 bridgehead atoms. The standard InChI is InChI=1S/C13H20N2O5/c1-3-6-13(2,8-19-11(14)16)9-20-12(17)15-10-5-4-7-18-10/h4-5,7H,3,6,8-9H2,1-2H3,(H2,14,16)(H,15,17). The van der Waals surface area contributed by atoms with Crippen molar-refractivity contribution in [2.75, 3.05) is 18.5 Å². The summed E-state index contributed by atoms with van der Waals surface area (Å²) in [6.07, 6.45) is 1.57. The third kappa shape index (κ3) is 5.64. The van der Waals surface area contributed by atoms with Gasteiger partial charge in [-0.05, 0) is 12.5 Å². The van der Waals surface area contributed by atoms with Gasteiger partial charge >= 0.3 is 12.2 Å². The second kappa shape index (κ2) is 7.42.